The van der Waals surface area contributed by atoms with Gasteiger partial charge in [0.2, 0.25) is 0 Å². The lowest BCUT2D eigenvalue weighted by atomic mass is 10.6. The summed E-state index contributed by atoms with van der Waals surface area (Å²) in [6.07, 6.45) is 0. The summed E-state index contributed by atoms with van der Waals surface area (Å²) in [4.78, 5) is 1.29. The molecule has 0 saturated heterocycles. The van der Waals surface area contributed by atoms with Crippen molar-refractivity contribution in [2.75, 3.05) is 26.9 Å². The van der Waals surface area contributed by atoms with E-state index in [-0.39, 0.29) is 0 Å². The Morgan fingerprint density at radius 1 is 1.06 bits per heavy atom. The standard InChI is InChI=1S/C10H12O2S4/c1-11-2-3-12-6-8-7-15-10(16-8)9-13-4-5-14-9/h4-5,7H,2-3,6H2,1H3. The maximum atomic E-state index is 5.49. The molecule has 2 aliphatic rings. The van der Waals surface area contributed by atoms with Gasteiger partial charge < -0.3 is 9.47 Å². The van der Waals surface area contributed by atoms with Crippen molar-refractivity contribution in [3.63, 3.8) is 0 Å². The molecule has 2 heterocycles. The molecular weight excluding hydrogens is 280 g/mol. The third kappa shape index (κ3) is 3.78. The Kier molecular flexibility index (Phi) is 5.75. The largest absolute Gasteiger partial charge is 0.382 e. The number of thioether (sulfide) groups is 4. The van der Waals surface area contributed by atoms with E-state index in [1.54, 1.807) is 42.4 Å². The van der Waals surface area contributed by atoms with E-state index in [9.17, 15) is 0 Å². The number of hydrogen-bond donors (Lipinski definition) is 0. The fourth-order valence-electron chi connectivity index (χ4n) is 1.06. The number of methoxy groups -OCH3 is 1. The van der Waals surface area contributed by atoms with Crippen LogP contribution in [0.15, 0.2) is 29.6 Å². The van der Waals surface area contributed by atoms with E-state index in [4.69, 9.17) is 9.47 Å². The maximum absolute atomic E-state index is 5.49. The van der Waals surface area contributed by atoms with Crippen molar-refractivity contribution in [2.24, 2.45) is 0 Å². The van der Waals surface area contributed by atoms with Gasteiger partial charge >= 0.3 is 0 Å². The van der Waals surface area contributed by atoms with E-state index in [1.165, 1.54) is 13.4 Å². The van der Waals surface area contributed by atoms with Gasteiger partial charge in [0, 0.05) is 12.0 Å². The summed E-state index contributed by atoms with van der Waals surface area (Å²) in [5.74, 6) is 0. The molecule has 88 valence electrons. The molecule has 0 atom stereocenters. The Morgan fingerprint density at radius 2 is 1.88 bits per heavy atom. The third-order valence-corrected chi connectivity index (χ3v) is 6.81. The topological polar surface area (TPSA) is 18.5 Å². The highest BCUT2D eigenvalue weighted by Crippen LogP contribution is 2.52. The van der Waals surface area contributed by atoms with E-state index in [0.29, 0.717) is 19.8 Å². The predicted octanol–water partition coefficient (Wildman–Crippen LogP) is 4.05. The average molecular weight is 292 g/mol. The number of rotatable bonds is 5. The fourth-order valence-corrected chi connectivity index (χ4v) is 5.47. The van der Waals surface area contributed by atoms with Crippen molar-refractivity contribution < 1.29 is 9.47 Å². The Labute approximate surface area is 113 Å². The van der Waals surface area contributed by atoms with Crippen molar-refractivity contribution in [3.05, 3.63) is 29.6 Å². The molecular formula is C10H12O2S4. The Bertz CT molecular complexity index is 326. The molecule has 6 heteroatoms. The summed E-state index contributed by atoms with van der Waals surface area (Å²) in [6.45, 7) is 2.02. The molecule has 0 radical (unpaired) electrons. The van der Waals surface area contributed by atoms with Crippen molar-refractivity contribution in [1.29, 1.82) is 0 Å². The van der Waals surface area contributed by atoms with Crippen molar-refractivity contribution >= 4 is 47.0 Å². The van der Waals surface area contributed by atoms with Crippen molar-refractivity contribution in [1.82, 2.24) is 0 Å². The molecule has 2 aliphatic heterocycles. The highest BCUT2D eigenvalue weighted by Gasteiger charge is 2.18. The van der Waals surface area contributed by atoms with Crippen LogP contribution in [0, 0.1) is 0 Å². The van der Waals surface area contributed by atoms with Gasteiger partial charge in [0.05, 0.1) is 28.3 Å². The van der Waals surface area contributed by atoms with Crippen LogP contribution in [-0.2, 0) is 9.47 Å². The summed E-state index contributed by atoms with van der Waals surface area (Å²) >= 11 is 7.22. The normalized spacial score (nSPS) is 19.7. The van der Waals surface area contributed by atoms with Gasteiger partial charge in [-0.1, -0.05) is 47.0 Å². The van der Waals surface area contributed by atoms with Crippen LogP contribution in [0.25, 0.3) is 0 Å². The first-order valence-electron chi connectivity index (χ1n) is 4.73. The van der Waals surface area contributed by atoms with Gasteiger partial charge in [-0.3, -0.25) is 0 Å². The first-order chi connectivity index (χ1) is 7.90. The summed E-state index contributed by atoms with van der Waals surface area (Å²) < 4.78 is 13.2. The van der Waals surface area contributed by atoms with Crippen LogP contribution >= 0.6 is 47.0 Å². The molecule has 0 bridgehead atoms. The zero-order chi connectivity index (χ0) is 11.2. The minimum Gasteiger partial charge on any atom is -0.382 e. The lowest BCUT2D eigenvalue weighted by Gasteiger charge is -2.04. The molecule has 0 aromatic carbocycles. The molecule has 0 spiro atoms. The van der Waals surface area contributed by atoms with Crippen LogP contribution in [0.2, 0.25) is 0 Å². The highest BCUT2D eigenvalue weighted by atomic mass is 32.2. The first-order valence-corrected chi connectivity index (χ1v) is 8.18. The summed E-state index contributed by atoms with van der Waals surface area (Å²) in [6, 6.07) is 0. The molecule has 2 rings (SSSR count). The van der Waals surface area contributed by atoms with E-state index < -0.39 is 0 Å². The predicted molar refractivity (Wildman–Crippen MR) is 77.3 cm³/mol. The quantitative estimate of drug-likeness (QED) is 0.707. The van der Waals surface area contributed by atoms with Crippen molar-refractivity contribution in [2.45, 2.75) is 0 Å². The molecule has 0 aliphatic carbocycles. The molecule has 2 nitrogen and oxygen atoms in total. The smallest absolute Gasteiger partial charge is 0.0785 e. The zero-order valence-corrected chi connectivity index (χ0v) is 12.1. The number of hydrogen-bond acceptors (Lipinski definition) is 6. The molecule has 0 fully saturated rings. The van der Waals surface area contributed by atoms with Gasteiger partial charge in [-0.2, -0.15) is 0 Å². The minimum atomic E-state index is 0.661. The average Bonchev–Trinajstić information content (AvgIpc) is 2.94. The second kappa shape index (κ2) is 7.08. The fraction of sp³-hybridized carbons (Fsp3) is 0.400. The molecule has 0 amide bonds. The second-order valence-electron chi connectivity index (χ2n) is 2.93. The van der Waals surface area contributed by atoms with Gasteiger partial charge in [0.15, 0.2) is 0 Å². The summed E-state index contributed by atoms with van der Waals surface area (Å²) in [5.41, 5.74) is 0. The van der Waals surface area contributed by atoms with Crippen LogP contribution in [-0.4, -0.2) is 26.9 Å². The van der Waals surface area contributed by atoms with Crippen LogP contribution in [0.1, 0.15) is 0 Å². The van der Waals surface area contributed by atoms with Crippen LogP contribution in [0.3, 0.4) is 0 Å². The Morgan fingerprint density at radius 3 is 2.62 bits per heavy atom. The first kappa shape index (κ1) is 13.0. The molecule has 0 N–H and O–H groups in total. The zero-order valence-electron chi connectivity index (χ0n) is 8.80. The third-order valence-electron chi connectivity index (χ3n) is 1.77. The van der Waals surface area contributed by atoms with Gasteiger partial charge in [-0.25, -0.2) is 0 Å². The maximum Gasteiger partial charge on any atom is 0.0785 e. The molecule has 16 heavy (non-hydrogen) atoms. The monoisotopic (exact) mass is 292 g/mol. The second-order valence-corrected chi connectivity index (χ2v) is 7.30. The highest BCUT2D eigenvalue weighted by molar-refractivity contribution is 8.33. The van der Waals surface area contributed by atoms with Crippen molar-refractivity contribution in [3.8, 4) is 0 Å². The Balaban J connectivity index is 1.72. The van der Waals surface area contributed by atoms with Gasteiger partial charge in [-0.05, 0) is 16.2 Å². The summed E-state index contributed by atoms with van der Waals surface area (Å²) in [7, 11) is 1.69. The SMILES string of the molecule is COCCOCC1=CSC(=C2SC=CS2)S1. The van der Waals surface area contributed by atoms with Crippen LogP contribution in [0.5, 0.6) is 0 Å². The van der Waals surface area contributed by atoms with E-state index in [0.717, 1.165) is 0 Å². The lowest BCUT2D eigenvalue weighted by Crippen LogP contribution is -2.02. The van der Waals surface area contributed by atoms with E-state index in [1.807, 2.05) is 11.8 Å². The Hall–Kier alpha value is 0.540. The van der Waals surface area contributed by atoms with E-state index >= 15 is 0 Å². The number of ether oxygens (including phenoxy) is 2. The van der Waals surface area contributed by atoms with E-state index in [2.05, 4.69) is 16.2 Å². The van der Waals surface area contributed by atoms with Crippen LogP contribution < -0.4 is 0 Å². The van der Waals surface area contributed by atoms with Gasteiger partial charge in [-0.15, -0.1) is 0 Å². The molecule has 0 aromatic rings. The molecule has 0 saturated carbocycles. The molecule has 0 aromatic heterocycles. The lowest BCUT2D eigenvalue weighted by molar-refractivity contribution is 0.0845. The summed E-state index contributed by atoms with van der Waals surface area (Å²) in [5, 5.41) is 6.43. The van der Waals surface area contributed by atoms with Gasteiger partial charge in [0.1, 0.15) is 0 Å². The minimum absolute atomic E-state index is 0.661. The molecule has 0 unspecified atom stereocenters. The van der Waals surface area contributed by atoms with Crippen LogP contribution in [0.4, 0.5) is 0 Å². The van der Waals surface area contributed by atoms with Gasteiger partial charge in [0.25, 0.3) is 0 Å².